The highest BCUT2D eigenvalue weighted by molar-refractivity contribution is 7.89. The minimum atomic E-state index is -3.76. The van der Waals surface area contributed by atoms with Gasteiger partial charge in [0.2, 0.25) is 10.0 Å². The first kappa shape index (κ1) is 22.3. The molecule has 1 fully saturated rings. The maximum absolute atomic E-state index is 12.9. The number of nitrogens with zero attached hydrogens (tertiary/aromatic N) is 2. The van der Waals surface area contributed by atoms with Gasteiger partial charge in [0, 0.05) is 25.0 Å². The van der Waals surface area contributed by atoms with E-state index in [1.807, 2.05) is 30.3 Å². The van der Waals surface area contributed by atoms with Crippen LogP contribution in [0.1, 0.15) is 28.8 Å². The first-order valence-electron chi connectivity index (χ1n) is 10.2. The van der Waals surface area contributed by atoms with Gasteiger partial charge in [0.1, 0.15) is 10.5 Å². The number of sulfonamides is 1. The number of aromatic nitrogens is 1. The van der Waals surface area contributed by atoms with E-state index in [0.717, 1.165) is 18.4 Å². The van der Waals surface area contributed by atoms with Crippen molar-refractivity contribution in [3.8, 4) is 0 Å². The number of carbonyl (C=O) groups is 1. The third kappa shape index (κ3) is 4.62. The molecule has 1 aromatic heterocycles. The summed E-state index contributed by atoms with van der Waals surface area (Å²) < 4.78 is 28.7. The van der Waals surface area contributed by atoms with Gasteiger partial charge in [-0.2, -0.15) is 4.31 Å². The van der Waals surface area contributed by atoms with E-state index < -0.39 is 21.5 Å². The molecule has 1 aliphatic rings. The molecule has 2 heterocycles. The van der Waals surface area contributed by atoms with Crippen molar-refractivity contribution in [2.24, 2.45) is 0 Å². The minimum absolute atomic E-state index is 0.0395. The van der Waals surface area contributed by atoms with Crippen molar-refractivity contribution in [1.82, 2.24) is 8.87 Å². The molecule has 32 heavy (non-hydrogen) atoms. The predicted octanol–water partition coefficient (Wildman–Crippen LogP) is 3.59. The molecule has 0 bridgehead atoms. The van der Waals surface area contributed by atoms with Crippen LogP contribution >= 0.6 is 11.6 Å². The SMILES string of the molecule is O=C(Nc1ccc(Cl)c(S(=O)(=O)N2CCCC2)c1)c1cccn(Cc2ccccc2)c1=O. The molecular weight excluding hydrogens is 450 g/mol. The van der Waals surface area contributed by atoms with Crippen molar-refractivity contribution in [3.05, 3.63) is 93.4 Å². The summed E-state index contributed by atoms with van der Waals surface area (Å²) in [4.78, 5) is 25.6. The Morgan fingerprint density at radius 2 is 1.72 bits per heavy atom. The molecule has 0 radical (unpaired) electrons. The van der Waals surface area contributed by atoms with Gasteiger partial charge in [-0.15, -0.1) is 0 Å². The number of rotatable bonds is 6. The zero-order valence-corrected chi connectivity index (χ0v) is 18.8. The maximum atomic E-state index is 12.9. The van der Waals surface area contributed by atoms with Crippen LogP contribution in [0.3, 0.4) is 0 Å². The van der Waals surface area contributed by atoms with Crippen LogP contribution in [0.2, 0.25) is 5.02 Å². The number of nitrogens with one attached hydrogen (secondary N) is 1. The molecule has 0 aliphatic carbocycles. The second kappa shape index (κ2) is 9.28. The Morgan fingerprint density at radius 3 is 2.44 bits per heavy atom. The second-order valence-corrected chi connectivity index (χ2v) is 9.86. The van der Waals surface area contributed by atoms with Gasteiger partial charge < -0.3 is 9.88 Å². The third-order valence-corrected chi connectivity index (χ3v) is 7.71. The third-order valence-electron chi connectivity index (χ3n) is 5.33. The van der Waals surface area contributed by atoms with Gasteiger partial charge in [0.05, 0.1) is 11.6 Å². The first-order chi connectivity index (χ1) is 15.4. The summed E-state index contributed by atoms with van der Waals surface area (Å²) >= 11 is 6.16. The highest BCUT2D eigenvalue weighted by Crippen LogP contribution is 2.29. The van der Waals surface area contributed by atoms with Crippen LogP contribution in [-0.4, -0.2) is 36.3 Å². The average Bonchev–Trinajstić information content (AvgIpc) is 3.33. The fourth-order valence-corrected chi connectivity index (χ4v) is 5.68. The molecule has 4 rings (SSSR count). The van der Waals surface area contributed by atoms with Crippen LogP contribution in [0, 0.1) is 0 Å². The van der Waals surface area contributed by atoms with Gasteiger partial charge in [0.25, 0.3) is 11.5 Å². The molecule has 166 valence electrons. The summed E-state index contributed by atoms with van der Waals surface area (Å²) in [6.45, 7) is 1.22. The fourth-order valence-electron chi connectivity index (χ4n) is 3.66. The van der Waals surface area contributed by atoms with E-state index in [1.54, 1.807) is 12.3 Å². The second-order valence-electron chi connectivity index (χ2n) is 7.55. The minimum Gasteiger partial charge on any atom is -0.322 e. The van der Waals surface area contributed by atoms with Crippen molar-refractivity contribution in [2.75, 3.05) is 18.4 Å². The number of benzene rings is 2. The molecule has 2 aromatic carbocycles. The van der Waals surface area contributed by atoms with Crippen molar-refractivity contribution in [1.29, 1.82) is 0 Å². The average molecular weight is 472 g/mol. The monoisotopic (exact) mass is 471 g/mol. The van der Waals surface area contributed by atoms with Crippen LogP contribution < -0.4 is 10.9 Å². The van der Waals surface area contributed by atoms with Gasteiger partial charge in [-0.25, -0.2) is 8.42 Å². The Bertz CT molecular complexity index is 1300. The van der Waals surface area contributed by atoms with E-state index in [9.17, 15) is 18.0 Å². The zero-order valence-electron chi connectivity index (χ0n) is 17.2. The Kier molecular flexibility index (Phi) is 6.45. The number of pyridine rings is 1. The lowest BCUT2D eigenvalue weighted by molar-refractivity contribution is 0.102. The Labute approximate surface area is 191 Å². The lowest BCUT2D eigenvalue weighted by atomic mass is 10.2. The smallest absolute Gasteiger partial charge is 0.263 e. The van der Waals surface area contributed by atoms with Gasteiger partial charge in [-0.1, -0.05) is 41.9 Å². The maximum Gasteiger partial charge on any atom is 0.263 e. The number of carbonyl (C=O) groups excluding carboxylic acids is 1. The normalized spacial score (nSPS) is 14.4. The van der Waals surface area contributed by atoms with Crippen molar-refractivity contribution in [2.45, 2.75) is 24.3 Å². The standard InChI is InChI=1S/C23H22ClN3O4S/c24-20-11-10-18(15-21(20)32(30,31)27-13-4-5-14-27)25-22(28)19-9-6-12-26(23(19)29)16-17-7-2-1-3-8-17/h1-3,6-12,15H,4-5,13-14,16H2,(H,25,28). The largest absolute Gasteiger partial charge is 0.322 e. The summed E-state index contributed by atoms with van der Waals surface area (Å²) in [6.07, 6.45) is 3.22. The molecule has 0 unspecified atom stereocenters. The Hall–Kier alpha value is -2.94. The molecular formula is C23H22ClN3O4S. The summed E-state index contributed by atoms with van der Waals surface area (Å²) in [5, 5.41) is 2.71. The van der Waals surface area contributed by atoms with Crippen molar-refractivity contribution >= 4 is 33.2 Å². The Morgan fingerprint density at radius 1 is 1.00 bits per heavy atom. The lowest BCUT2D eigenvalue weighted by Gasteiger charge is -2.17. The highest BCUT2D eigenvalue weighted by atomic mass is 35.5. The highest BCUT2D eigenvalue weighted by Gasteiger charge is 2.29. The fraction of sp³-hybridized carbons (Fsp3) is 0.217. The number of anilines is 1. The van der Waals surface area contributed by atoms with Crippen LogP contribution in [0.4, 0.5) is 5.69 Å². The van der Waals surface area contributed by atoms with Crippen LogP contribution in [0.25, 0.3) is 0 Å². The van der Waals surface area contributed by atoms with Crippen LogP contribution in [0.5, 0.6) is 0 Å². The number of amides is 1. The van der Waals surface area contributed by atoms with E-state index in [0.29, 0.717) is 19.6 Å². The van der Waals surface area contributed by atoms with Crippen molar-refractivity contribution < 1.29 is 13.2 Å². The zero-order chi connectivity index (χ0) is 22.7. The molecule has 0 spiro atoms. The number of halogens is 1. The lowest BCUT2D eigenvalue weighted by Crippen LogP contribution is -2.29. The van der Waals surface area contributed by atoms with Gasteiger partial charge in [-0.3, -0.25) is 9.59 Å². The summed E-state index contributed by atoms with van der Waals surface area (Å²) in [5.74, 6) is -0.621. The molecule has 1 aliphatic heterocycles. The molecule has 3 aromatic rings. The molecule has 1 amide bonds. The molecule has 1 N–H and O–H groups in total. The topological polar surface area (TPSA) is 88.5 Å². The van der Waals surface area contributed by atoms with Gasteiger partial charge in [0.15, 0.2) is 0 Å². The summed E-state index contributed by atoms with van der Waals surface area (Å²) in [7, 11) is -3.76. The molecule has 0 saturated carbocycles. The van der Waals surface area contributed by atoms with Crippen LogP contribution in [-0.2, 0) is 16.6 Å². The molecule has 7 nitrogen and oxygen atoms in total. The van der Waals surface area contributed by atoms with Crippen LogP contribution in [0.15, 0.2) is 76.6 Å². The number of hydrogen-bond acceptors (Lipinski definition) is 4. The summed E-state index contributed by atoms with van der Waals surface area (Å²) in [6, 6.07) is 16.8. The van der Waals surface area contributed by atoms with Gasteiger partial charge >= 0.3 is 0 Å². The van der Waals surface area contributed by atoms with E-state index >= 15 is 0 Å². The first-order valence-corrected chi connectivity index (χ1v) is 12.0. The quantitative estimate of drug-likeness (QED) is 0.595. The van der Waals surface area contributed by atoms with E-state index in [1.165, 1.54) is 33.1 Å². The molecule has 9 heteroatoms. The summed E-state index contributed by atoms with van der Waals surface area (Å²) in [5.41, 5.74) is 0.701. The predicted molar refractivity (Wildman–Crippen MR) is 124 cm³/mol. The number of hydrogen-bond donors (Lipinski definition) is 1. The van der Waals surface area contributed by atoms with Gasteiger partial charge in [-0.05, 0) is 48.7 Å². The van der Waals surface area contributed by atoms with E-state index in [-0.39, 0.29) is 21.2 Å². The molecule has 0 atom stereocenters. The molecule has 1 saturated heterocycles. The van der Waals surface area contributed by atoms with E-state index in [2.05, 4.69) is 5.32 Å². The van der Waals surface area contributed by atoms with Crippen molar-refractivity contribution in [3.63, 3.8) is 0 Å². The Balaban J connectivity index is 1.58. The van der Waals surface area contributed by atoms with E-state index in [4.69, 9.17) is 11.6 Å².